The lowest BCUT2D eigenvalue weighted by Gasteiger charge is -2.05. The average Bonchev–Trinajstić information content (AvgIpc) is 2.48. The lowest BCUT2D eigenvalue weighted by Crippen LogP contribution is -2.14. The third-order valence-corrected chi connectivity index (χ3v) is 6.55. The molecule has 0 aliphatic carbocycles. The highest BCUT2D eigenvalue weighted by Gasteiger charge is 2.20. The molecule has 0 bridgehead atoms. The molecule has 0 saturated carbocycles. The van der Waals surface area contributed by atoms with Crippen LogP contribution >= 0.6 is 34.5 Å². The molecule has 0 atom stereocenters. The van der Waals surface area contributed by atoms with Gasteiger partial charge in [0.25, 0.3) is 4.74 Å². The number of fused-ring (bicyclic) bond motifs is 1. The molecule has 3 aromatic rings. The van der Waals surface area contributed by atoms with E-state index >= 15 is 0 Å². The van der Waals surface area contributed by atoms with Crippen molar-refractivity contribution in [2.24, 2.45) is 0 Å². The Bertz CT molecular complexity index is 1040. The van der Waals surface area contributed by atoms with Crippen molar-refractivity contribution >= 4 is 54.5 Å². The molecule has 118 valence electrons. The summed E-state index contributed by atoms with van der Waals surface area (Å²) in [5.74, 6) is -0.245. The number of rotatable bonds is 3. The van der Waals surface area contributed by atoms with Crippen LogP contribution in [-0.4, -0.2) is 8.42 Å². The van der Waals surface area contributed by atoms with E-state index in [1.165, 1.54) is 6.07 Å². The molecule has 1 aromatic heterocycles. The number of hydrogen-bond donors (Lipinski definition) is 0. The van der Waals surface area contributed by atoms with Gasteiger partial charge in [0.2, 0.25) is 0 Å². The standard InChI is InChI=1S/C16H10Cl2O3S2/c17-12-4-1-10(2-5-12)9-23(20,21)15-7-11-3-6-13(18)8-14(11)22-16(15)19/h1-8H,9H2. The van der Waals surface area contributed by atoms with Crippen LogP contribution in [0, 0.1) is 0 Å². The van der Waals surface area contributed by atoms with Crippen molar-refractivity contribution in [3.8, 4) is 0 Å². The lowest BCUT2D eigenvalue weighted by molar-refractivity contribution is 0.595. The second-order valence-electron chi connectivity index (χ2n) is 4.97. The summed E-state index contributed by atoms with van der Waals surface area (Å²) in [4.78, 5) is 12.0. The molecule has 0 aliphatic rings. The zero-order valence-electron chi connectivity index (χ0n) is 11.6. The number of halogens is 2. The normalized spacial score (nSPS) is 11.7. The van der Waals surface area contributed by atoms with Crippen LogP contribution in [0.15, 0.2) is 58.2 Å². The molecule has 3 rings (SSSR count). The topological polar surface area (TPSA) is 51.2 Å². The molecule has 0 saturated heterocycles. The summed E-state index contributed by atoms with van der Waals surface area (Å²) in [5.41, 5.74) is 0.579. The Morgan fingerprint density at radius 3 is 2.26 bits per heavy atom. The fourth-order valence-corrected chi connectivity index (χ4v) is 5.17. The van der Waals surface area contributed by atoms with Crippen molar-refractivity contribution in [1.82, 2.24) is 0 Å². The highest BCUT2D eigenvalue weighted by molar-refractivity contribution is 7.90. The van der Waals surface area contributed by atoms with Gasteiger partial charge in [0, 0.05) is 14.7 Å². The summed E-state index contributed by atoms with van der Waals surface area (Å²) in [6, 6.07) is 12.9. The van der Waals surface area contributed by atoms with Crippen LogP contribution in [0.4, 0.5) is 0 Å². The molecule has 0 spiro atoms. The Labute approximate surface area is 147 Å². The first-order chi connectivity index (χ1) is 10.8. The van der Waals surface area contributed by atoms with Crippen molar-refractivity contribution in [1.29, 1.82) is 0 Å². The van der Waals surface area contributed by atoms with E-state index in [-0.39, 0.29) is 10.6 Å². The number of benzene rings is 2. The van der Waals surface area contributed by atoms with Gasteiger partial charge in [-0.15, -0.1) is 0 Å². The van der Waals surface area contributed by atoms with E-state index < -0.39 is 14.6 Å². The van der Waals surface area contributed by atoms with Gasteiger partial charge in [-0.3, -0.25) is 4.79 Å². The minimum absolute atomic E-state index is 0.188. The van der Waals surface area contributed by atoms with Crippen LogP contribution in [0.2, 0.25) is 10.0 Å². The van der Waals surface area contributed by atoms with Gasteiger partial charge in [0.15, 0.2) is 9.84 Å². The predicted molar refractivity (Wildman–Crippen MR) is 95.4 cm³/mol. The van der Waals surface area contributed by atoms with Crippen LogP contribution < -0.4 is 4.74 Å². The molecule has 0 amide bonds. The van der Waals surface area contributed by atoms with Crippen molar-refractivity contribution in [3.63, 3.8) is 0 Å². The van der Waals surface area contributed by atoms with Gasteiger partial charge in [-0.2, -0.15) is 0 Å². The van der Waals surface area contributed by atoms with E-state index in [9.17, 15) is 13.2 Å². The molecule has 0 N–H and O–H groups in total. The van der Waals surface area contributed by atoms with Crippen LogP contribution in [-0.2, 0) is 15.6 Å². The largest absolute Gasteiger partial charge is 0.276 e. The zero-order chi connectivity index (χ0) is 16.6. The summed E-state index contributed by atoms with van der Waals surface area (Å²) in [6.07, 6.45) is 0. The van der Waals surface area contributed by atoms with E-state index in [0.29, 0.717) is 25.7 Å². The summed E-state index contributed by atoms with van der Waals surface area (Å²) in [7, 11) is -3.74. The quantitative estimate of drug-likeness (QED) is 0.665. The van der Waals surface area contributed by atoms with Crippen molar-refractivity contribution < 1.29 is 8.42 Å². The first-order valence-corrected chi connectivity index (χ1v) is 9.78. The molecule has 7 heteroatoms. The van der Waals surface area contributed by atoms with Crippen LogP contribution in [0.5, 0.6) is 0 Å². The first-order valence-electron chi connectivity index (χ1n) is 6.56. The van der Waals surface area contributed by atoms with Crippen molar-refractivity contribution in [3.05, 3.63) is 73.7 Å². The van der Waals surface area contributed by atoms with Crippen molar-refractivity contribution in [2.45, 2.75) is 10.6 Å². The maximum absolute atomic E-state index is 12.6. The number of hydrogen-bond acceptors (Lipinski definition) is 4. The smallest absolute Gasteiger partial charge is 0.251 e. The second kappa shape index (κ2) is 6.24. The van der Waals surface area contributed by atoms with E-state index in [2.05, 4.69) is 0 Å². The van der Waals surface area contributed by atoms with Gasteiger partial charge in [-0.25, -0.2) is 8.42 Å². The highest BCUT2D eigenvalue weighted by Crippen LogP contribution is 2.25. The Balaban J connectivity index is 2.07. The van der Waals surface area contributed by atoms with E-state index in [4.69, 9.17) is 23.2 Å². The van der Waals surface area contributed by atoms with Gasteiger partial charge in [0.05, 0.1) is 5.75 Å². The van der Waals surface area contributed by atoms with E-state index in [1.54, 1.807) is 42.5 Å². The van der Waals surface area contributed by atoms with Gasteiger partial charge in [-0.05, 0) is 41.3 Å². The van der Waals surface area contributed by atoms with E-state index in [1.807, 2.05) is 0 Å². The summed E-state index contributed by atoms with van der Waals surface area (Å²) in [5, 5.41) is 1.71. The minimum Gasteiger partial charge on any atom is -0.276 e. The van der Waals surface area contributed by atoms with Crippen LogP contribution in [0.25, 0.3) is 10.1 Å². The molecule has 0 aliphatic heterocycles. The third kappa shape index (κ3) is 3.58. The van der Waals surface area contributed by atoms with Crippen LogP contribution in [0.3, 0.4) is 0 Å². The van der Waals surface area contributed by atoms with Gasteiger partial charge in [0.1, 0.15) is 4.90 Å². The molecule has 2 aromatic carbocycles. The Morgan fingerprint density at radius 1 is 0.913 bits per heavy atom. The molecule has 0 radical (unpaired) electrons. The highest BCUT2D eigenvalue weighted by atomic mass is 35.5. The fraction of sp³-hybridized carbons (Fsp3) is 0.0625. The monoisotopic (exact) mass is 384 g/mol. The third-order valence-electron chi connectivity index (χ3n) is 3.27. The predicted octanol–water partition coefficient (Wildman–Crippen LogP) is 4.54. The second-order valence-corrected chi connectivity index (χ2v) is 8.81. The lowest BCUT2D eigenvalue weighted by atomic mass is 10.2. The van der Waals surface area contributed by atoms with Crippen molar-refractivity contribution in [2.75, 3.05) is 0 Å². The minimum atomic E-state index is -3.74. The molecular formula is C16H10Cl2O3S2. The maximum atomic E-state index is 12.6. The zero-order valence-corrected chi connectivity index (χ0v) is 14.8. The van der Waals surface area contributed by atoms with Gasteiger partial charge in [-0.1, -0.05) is 52.7 Å². The average molecular weight is 385 g/mol. The molecule has 0 fully saturated rings. The molecule has 1 heterocycles. The maximum Gasteiger partial charge on any atom is 0.251 e. The molecule has 23 heavy (non-hydrogen) atoms. The molecule has 0 unspecified atom stereocenters. The number of sulfone groups is 1. The Kier molecular flexibility index (Phi) is 4.47. The fourth-order valence-electron chi connectivity index (χ4n) is 2.16. The molecular weight excluding hydrogens is 375 g/mol. The summed E-state index contributed by atoms with van der Waals surface area (Å²) in [6.45, 7) is 0. The Hall–Kier alpha value is -1.40. The SMILES string of the molecule is O=c1sc2cc(Cl)ccc2cc1S(=O)(=O)Cc1ccc(Cl)cc1. The van der Waals surface area contributed by atoms with E-state index in [0.717, 1.165) is 11.3 Å². The van der Waals surface area contributed by atoms with Crippen LogP contribution in [0.1, 0.15) is 5.56 Å². The molecule has 3 nitrogen and oxygen atoms in total. The first kappa shape index (κ1) is 16.5. The van der Waals surface area contributed by atoms with Gasteiger partial charge >= 0.3 is 0 Å². The summed E-state index contributed by atoms with van der Waals surface area (Å²) < 4.78 is 25.3. The Morgan fingerprint density at radius 2 is 1.57 bits per heavy atom. The van der Waals surface area contributed by atoms with Gasteiger partial charge < -0.3 is 0 Å². The summed E-state index contributed by atoms with van der Waals surface area (Å²) >= 11 is 12.6.